The second-order valence-electron chi connectivity index (χ2n) is 3.36. The van der Waals surface area contributed by atoms with Crippen molar-refractivity contribution in [2.75, 3.05) is 5.75 Å². The molecule has 0 spiro atoms. The molecule has 0 bridgehead atoms. The van der Waals surface area contributed by atoms with E-state index in [1.807, 2.05) is 0 Å². The zero-order valence-corrected chi connectivity index (χ0v) is 10.0. The van der Waals surface area contributed by atoms with Gasteiger partial charge in [0.1, 0.15) is 5.76 Å². The van der Waals surface area contributed by atoms with Crippen LogP contribution >= 0.6 is 11.8 Å². The van der Waals surface area contributed by atoms with Crippen molar-refractivity contribution in [3.8, 4) is 11.4 Å². The molecule has 2 rings (SSSR count). The number of nitrogens with one attached hydrogen (secondary N) is 1. The molecule has 8 heteroatoms. The quantitative estimate of drug-likeness (QED) is 0.791. The van der Waals surface area contributed by atoms with Crippen molar-refractivity contribution < 1.29 is 14.4 Å². The van der Waals surface area contributed by atoms with Crippen LogP contribution in [-0.4, -0.2) is 37.2 Å². The lowest BCUT2D eigenvalue weighted by atomic mass is 10.2. The van der Waals surface area contributed by atoms with Crippen LogP contribution in [0.3, 0.4) is 0 Å². The van der Waals surface area contributed by atoms with E-state index in [1.54, 1.807) is 13.8 Å². The molecule has 0 radical (unpaired) electrons. The summed E-state index contributed by atoms with van der Waals surface area (Å²) >= 11 is 1.08. The van der Waals surface area contributed by atoms with Gasteiger partial charge in [-0.2, -0.15) is 0 Å². The summed E-state index contributed by atoms with van der Waals surface area (Å²) in [7, 11) is 0. The van der Waals surface area contributed by atoms with Crippen LogP contribution in [0.4, 0.5) is 0 Å². The van der Waals surface area contributed by atoms with Gasteiger partial charge < -0.3 is 14.6 Å². The fourth-order valence-corrected chi connectivity index (χ4v) is 1.90. The van der Waals surface area contributed by atoms with Crippen LogP contribution in [0.25, 0.3) is 11.4 Å². The molecule has 0 atom stereocenters. The molecule has 2 aromatic rings. The zero-order valence-electron chi connectivity index (χ0n) is 9.22. The zero-order chi connectivity index (χ0) is 12.4. The van der Waals surface area contributed by atoms with Crippen molar-refractivity contribution in [1.82, 2.24) is 20.3 Å². The first-order valence-electron chi connectivity index (χ1n) is 4.78. The predicted octanol–water partition coefficient (Wildman–Crippen LogP) is 1.25. The lowest BCUT2D eigenvalue weighted by molar-refractivity contribution is -0.133. The number of hydrogen-bond acceptors (Lipinski definition) is 6. The maximum Gasteiger partial charge on any atom is 0.313 e. The van der Waals surface area contributed by atoms with E-state index < -0.39 is 5.97 Å². The third kappa shape index (κ3) is 2.47. The van der Waals surface area contributed by atoms with Gasteiger partial charge in [-0.3, -0.25) is 4.79 Å². The third-order valence-corrected chi connectivity index (χ3v) is 2.92. The monoisotopic (exact) mass is 254 g/mol. The summed E-state index contributed by atoms with van der Waals surface area (Å²) in [6.45, 7) is 3.58. The average molecular weight is 254 g/mol. The highest BCUT2D eigenvalue weighted by Crippen LogP contribution is 2.25. The summed E-state index contributed by atoms with van der Waals surface area (Å²) in [6, 6.07) is 0. The molecule has 0 aliphatic heterocycles. The Morgan fingerprint density at radius 3 is 2.82 bits per heavy atom. The van der Waals surface area contributed by atoms with Crippen LogP contribution in [0, 0.1) is 13.8 Å². The molecule has 0 fully saturated rings. The third-order valence-electron chi connectivity index (χ3n) is 2.07. The number of carbonyl (C=O) groups is 1. The SMILES string of the molecule is Cc1noc(C)c1-c1nnc(SCC(=O)O)[nH]1. The summed E-state index contributed by atoms with van der Waals surface area (Å²) in [5, 5.41) is 20.6. The minimum atomic E-state index is -0.898. The van der Waals surface area contributed by atoms with Crippen LogP contribution < -0.4 is 0 Å². The standard InChI is InChI=1S/C9H10N4O3S/c1-4-7(5(2)16-13-4)8-10-9(12-11-8)17-3-6(14)15/h3H2,1-2H3,(H,14,15)(H,10,11,12). The van der Waals surface area contributed by atoms with E-state index in [4.69, 9.17) is 9.63 Å². The number of thioether (sulfide) groups is 1. The molecule has 2 N–H and O–H groups in total. The molecule has 2 heterocycles. The molecular weight excluding hydrogens is 244 g/mol. The average Bonchev–Trinajstić information content (AvgIpc) is 2.83. The molecular formula is C9H10N4O3S. The van der Waals surface area contributed by atoms with Gasteiger partial charge in [-0.15, -0.1) is 10.2 Å². The normalized spacial score (nSPS) is 10.7. The van der Waals surface area contributed by atoms with Crippen molar-refractivity contribution in [2.24, 2.45) is 0 Å². The number of carboxylic acid groups (broad SMARTS) is 1. The smallest absolute Gasteiger partial charge is 0.313 e. The molecule has 0 saturated heterocycles. The summed E-state index contributed by atoms with van der Waals surface area (Å²) < 4.78 is 5.02. The Morgan fingerprint density at radius 2 is 2.24 bits per heavy atom. The highest BCUT2D eigenvalue weighted by atomic mass is 32.2. The van der Waals surface area contributed by atoms with E-state index in [9.17, 15) is 4.79 Å². The molecule has 17 heavy (non-hydrogen) atoms. The van der Waals surface area contributed by atoms with Gasteiger partial charge in [0.15, 0.2) is 11.0 Å². The molecule has 0 aromatic carbocycles. The maximum absolute atomic E-state index is 10.4. The molecule has 0 amide bonds. The van der Waals surface area contributed by atoms with Gasteiger partial charge in [0.2, 0.25) is 0 Å². The second kappa shape index (κ2) is 4.58. The van der Waals surface area contributed by atoms with Crippen molar-refractivity contribution >= 4 is 17.7 Å². The van der Waals surface area contributed by atoms with Crippen molar-refractivity contribution in [3.05, 3.63) is 11.5 Å². The lowest BCUT2D eigenvalue weighted by Crippen LogP contribution is -1.97. The first kappa shape index (κ1) is 11.6. The van der Waals surface area contributed by atoms with Gasteiger partial charge in [0, 0.05) is 0 Å². The second-order valence-corrected chi connectivity index (χ2v) is 4.32. The molecule has 0 aliphatic rings. The van der Waals surface area contributed by atoms with Crippen LogP contribution in [0.2, 0.25) is 0 Å². The Hall–Kier alpha value is -1.83. The summed E-state index contributed by atoms with van der Waals surface area (Å²) in [4.78, 5) is 13.3. The van der Waals surface area contributed by atoms with Gasteiger partial charge >= 0.3 is 5.97 Å². The number of aromatic nitrogens is 4. The van der Waals surface area contributed by atoms with Gasteiger partial charge in [-0.1, -0.05) is 16.9 Å². The van der Waals surface area contributed by atoms with E-state index in [1.165, 1.54) is 0 Å². The van der Waals surface area contributed by atoms with Gasteiger partial charge in [0.25, 0.3) is 0 Å². The van der Waals surface area contributed by atoms with Crippen LogP contribution in [0.15, 0.2) is 9.68 Å². The number of aryl methyl sites for hydroxylation is 2. The highest BCUT2D eigenvalue weighted by Gasteiger charge is 2.16. The van der Waals surface area contributed by atoms with Crippen molar-refractivity contribution in [3.63, 3.8) is 0 Å². The Morgan fingerprint density at radius 1 is 1.47 bits per heavy atom. The first-order chi connectivity index (χ1) is 8.08. The molecule has 7 nitrogen and oxygen atoms in total. The number of carboxylic acids is 1. The topological polar surface area (TPSA) is 105 Å². The molecule has 0 aliphatic carbocycles. The fraction of sp³-hybridized carbons (Fsp3) is 0.333. The van der Waals surface area contributed by atoms with Gasteiger partial charge in [-0.05, 0) is 13.8 Å². The maximum atomic E-state index is 10.4. The molecule has 2 aromatic heterocycles. The van der Waals surface area contributed by atoms with E-state index in [-0.39, 0.29) is 5.75 Å². The van der Waals surface area contributed by atoms with E-state index in [0.29, 0.717) is 22.4 Å². The Labute approximate surface area is 101 Å². The minimum absolute atomic E-state index is 0.0593. The van der Waals surface area contributed by atoms with Gasteiger partial charge in [0.05, 0.1) is 17.0 Å². The Balaban J connectivity index is 2.21. The van der Waals surface area contributed by atoms with Crippen LogP contribution in [0.1, 0.15) is 11.5 Å². The number of aromatic amines is 1. The number of aliphatic carboxylic acids is 1. The summed E-state index contributed by atoms with van der Waals surface area (Å²) in [5.41, 5.74) is 1.48. The van der Waals surface area contributed by atoms with Crippen molar-refractivity contribution in [1.29, 1.82) is 0 Å². The Bertz CT molecular complexity index is 529. The number of hydrogen-bond donors (Lipinski definition) is 2. The number of H-pyrrole nitrogens is 1. The van der Waals surface area contributed by atoms with E-state index in [2.05, 4.69) is 20.3 Å². The lowest BCUT2D eigenvalue weighted by Gasteiger charge is -1.92. The van der Waals surface area contributed by atoms with Crippen molar-refractivity contribution in [2.45, 2.75) is 19.0 Å². The fourth-order valence-electron chi connectivity index (χ4n) is 1.38. The summed E-state index contributed by atoms with van der Waals surface area (Å²) in [5.74, 6) is 0.226. The first-order valence-corrected chi connectivity index (χ1v) is 5.77. The predicted molar refractivity (Wildman–Crippen MR) is 59.7 cm³/mol. The van der Waals surface area contributed by atoms with Crippen LogP contribution in [0.5, 0.6) is 0 Å². The summed E-state index contributed by atoms with van der Waals surface area (Å²) in [6.07, 6.45) is 0. The minimum Gasteiger partial charge on any atom is -0.481 e. The highest BCUT2D eigenvalue weighted by molar-refractivity contribution is 7.99. The molecule has 90 valence electrons. The van der Waals surface area contributed by atoms with Gasteiger partial charge in [-0.25, -0.2) is 0 Å². The van der Waals surface area contributed by atoms with E-state index in [0.717, 1.165) is 17.3 Å². The Kier molecular flexibility index (Phi) is 3.14. The molecule has 0 saturated carbocycles. The number of rotatable bonds is 4. The van der Waals surface area contributed by atoms with E-state index >= 15 is 0 Å². The van der Waals surface area contributed by atoms with Crippen LogP contribution in [-0.2, 0) is 4.79 Å². The largest absolute Gasteiger partial charge is 0.481 e. The number of nitrogens with zero attached hydrogens (tertiary/aromatic N) is 3. The molecule has 0 unspecified atom stereocenters.